The molecule has 21 heavy (non-hydrogen) atoms. The molecule has 2 aromatic rings. The number of nitrogens with one attached hydrogen (secondary N) is 1. The molecule has 6 nitrogen and oxygen atoms in total. The SMILES string of the molecule is CCCOc1cccc(C(=O)N(C)Cc2n[nH]c(C)n2)c1. The third kappa shape index (κ3) is 4.05. The van der Waals surface area contributed by atoms with Gasteiger partial charge in [-0.25, -0.2) is 4.98 Å². The van der Waals surface area contributed by atoms with Crippen LogP contribution < -0.4 is 4.74 Å². The van der Waals surface area contributed by atoms with Gasteiger partial charge in [0.25, 0.3) is 5.91 Å². The Kier molecular flexibility index (Phi) is 4.92. The lowest BCUT2D eigenvalue weighted by molar-refractivity contribution is 0.0781. The van der Waals surface area contributed by atoms with Gasteiger partial charge in [0, 0.05) is 12.6 Å². The molecule has 1 aromatic carbocycles. The topological polar surface area (TPSA) is 71.1 Å². The van der Waals surface area contributed by atoms with Crippen LogP contribution in [0, 0.1) is 6.92 Å². The van der Waals surface area contributed by atoms with Gasteiger partial charge in [-0.3, -0.25) is 9.89 Å². The van der Waals surface area contributed by atoms with E-state index in [1.54, 1.807) is 24.1 Å². The fraction of sp³-hybridized carbons (Fsp3) is 0.400. The van der Waals surface area contributed by atoms with Crippen molar-refractivity contribution in [2.45, 2.75) is 26.8 Å². The Morgan fingerprint density at radius 3 is 2.90 bits per heavy atom. The van der Waals surface area contributed by atoms with Crippen molar-refractivity contribution in [3.05, 3.63) is 41.5 Å². The number of carbonyl (C=O) groups is 1. The van der Waals surface area contributed by atoms with Gasteiger partial charge in [-0.1, -0.05) is 13.0 Å². The van der Waals surface area contributed by atoms with Crippen LogP contribution in [0.4, 0.5) is 0 Å². The van der Waals surface area contributed by atoms with Crippen LogP contribution in [0.3, 0.4) is 0 Å². The van der Waals surface area contributed by atoms with E-state index in [-0.39, 0.29) is 5.91 Å². The Labute approximate surface area is 124 Å². The first kappa shape index (κ1) is 15.0. The van der Waals surface area contributed by atoms with Crippen molar-refractivity contribution in [2.75, 3.05) is 13.7 Å². The maximum atomic E-state index is 12.4. The standard InChI is InChI=1S/C15H20N4O2/c1-4-8-21-13-7-5-6-12(9-13)15(20)19(3)10-14-16-11(2)17-18-14/h5-7,9H,4,8,10H2,1-3H3,(H,16,17,18). The first-order chi connectivity index (χ1) is 10.1. The van der Waals surface area contributed by atoms with Gasteiger partial charge < -0.3 is 9.64 Å². The summed E-state index contributed by atoms with van der Waals surface area (Å²) in [6, 6.07) is 7.21. The van der Waals surface area contributed by atoms with E-state index < -0.39 is 0 Å². The zero-order valence-corrected chi connectivity index (χ0v) is 12.6. The van der Waals surface area contributed by atoms with Gasteiger partial charge >= 0.3 is 0 Å². The van der Waals surface area contributed by atoms with E-state index in [9.17, 15) is 4.79 Å². The molecule has 0 aliphatic rings. The van der Waals surface area contributed by atoms with Crippen LogP contribution in [-0.4, -0.2) is 39.6 Å². The number of carbonyl (C=O) groups excluding carboxylic acids is 1. The lowest BCUT2D eigenvalue weighted by Gasteiger charge is -2.15. The van der Waals surface area contributed by atoms with Gasteiger partial charge in [-0.05, 0) is 31.5 Å². The molecule has 6 heteroatoms. The minimum absolute atomic E-state index is 0.0839. The second-order valence-corrected chi connectivity index (χ2v) is 4.87. The monoisotopic (exact) mass is 288 g/mol. The van der Waals surface area contributed by atoms with Gasteiger partial charge in [-0.15, -0.1) is 0 Å². The number of amides is 1. The number of ether oxygens (including phenoxy) is 1. The molecule has 1 aromatic heterocycles. The molecule has 0 unspecified atom stereocenters. The second-order valence-electron chi connectivity index (χ2n) is 4.87. The summed E-state index contributed by atoms with van der Waals surface area (Å²) in [7, 11) is 1.73. The molecule has 2 rings (SSSR count). The minimum atomic E-state index is -0.0839. The molecule has 0 atom stereocenters. The maximum absolute atomic E-state index is 12.4. The van der Waals surface area contributed by atoms with Crippen molar-refractivity contribution in [1.82, 2.24) is 20.1 Å². The molecular weight excluding hydrogens is 268 g/mol. The van der Waals surface area contributed by atoms with Crippen molar-refractivity contribution in [3.8, 4) is 5.75 Å². The third-order valence-corrected chi connectivity index (χ3v) is 2.92. The number of aromatic nitrogens is 3. The van der Waals surface area contributed by atoms with Crippen molar-refractivity contribution in [2.24, 2.45) is 0 Å². The van der Waals surface area contributed by atoms with Gasteiger partial charge in [0.2, 0.25) is 0 Å². The highest BCUT2D eigenvalue weighted by molar-refractivity contribution is 5.94. The van der Waals surface area contributed by atoms with Crippen LogP contribution in [0.5, 0.6) is 5.75 Å². The number of benzene rings is 1. The third-order valence-electron chi connectivity index (χ3n) is 2.92. The molecule has 1 heterocycles. The Hall–Kier alpha value is -2.37. The highest BCUT2D eigenvalue weighted by Gasteiger charge is 2.14. The molecule has 0 aliphatic carbocycles. The molecule has 0 bridgehead atoms. The summed E-state index contributed by atoms with van der Waals surface area (Å²) < 4.78 is 5.55. The molecule has 0 saturated heterocycles. The lowest BCUT2D eigenvalue weighted by Crippen LogP contribution is -2.26. The van der Waals surface area contributed by atoms with Crippen LogP contribution in [0.25, 0.3) is 0 Å². The van der Waals surface area contributed by atoms with Gasteiger partial charge in [-0.2, -0.15) is 5.10 Å². The Bertz CT molecular complexity index is 609. The Morgan fingerprint density at radius 1 is 1.43 bits per heavy atom. The fourth-order valence-corrected chi connectivity index (χ4v) is 1.90. The van der Waals surface area contributed by atoms with Gasteiger partial charge in [0.05, 0.1) is 13.2 Å². The number of aryl methyl sites for hydroxylation is 1. The van der Waals surface area contributed by atoms with Crippen LogP contribution in [0.2, 0.25) is 0 Å². The molecular formula is C15H20N4O2. The highest BCUT2D eigenvalue weighted by Crippen LogP contribution is 2.15. The molecule has 0 radical (unpaired) electrons. The van der Waals surface area contributed by atoms with E-state index in [0.29, 0.717) is 30.3 Å². The fourth-order valence-electron chi connectivity index (χ4n) is 1.90. The quantitative estimate of drug-likeness (QED) is 0.884. The van der Waals surface area contributed by atoms with Crippen molar-refractivity contribution in [3.63, 3.8) is 0 Å². The lowest BCUT2D eigenvalue weighted by atomic mass is 10.2. The van der Waals surface area contributed by atoms with Crippen molar-refractivity contribution < 1.29 is 9.53 Å². The van der Waals surface area contributed by atoms with Crippen molar-refractivity contribution in [1.29, 1.82) is 0 Å². The van der Waals surface area contributed by atoms with Crippen molar-refractivity contribution >= 4 is 5.91 Å². The average molecular weight is 288 g/mol. The molecule has 112 valence electrons. The molecule has 0 fully saturated rings. The zero-order valence-electron chi connectivity index (χ0n) is 12.6. The van der Waals surface area contributed by atoms with Gasteiger partial charge in [0.15, 0.2) is 5.82 Å². The Morgan fingerprint density at radius 2 is 2.24 bits per heavy atom. The summed E-state index contributed by atoms with van der Waals surface area (Å²) in [6.45, 7) is 4.88. The molecule has 1 N–H and O–H groups in total. The number of hydrogen-bond acceptors (Lipinski definition) is 4. The summed E-state index contributed by atoms with van der Waals surface area (Å²) in [5.74, 6) is 1.96. The van der Waals surface area contributed by atoms with E-state index in [0.717, 1.165) is 12.2 Å². The summed E-state index contributed by atoms with van der Waals surface area (Å²) in [5.41, 5.74) is 0.596. The molecule has 1 amide bonds. The summed E-state index contributed by atoms with van der Waals surface area (Å²) in [5, 5.41) is 6.80. The summed E-state index contributed by atoms with van der Waals surface area (Å²) >= 11 is 0. The number of hydrogen-bond donors (Lipinski definition) is 1. The van der Waals surface area contributed by atoms with E-state index in [4.69, 9.17) is 4.74 Å². The molecule has 0 aliphatic heterocycles. The molecule has 0 saturated carbocycles. The largest absolute Gasteiger partial charge is 0.494 e. The first-order valence-corrected chi connectivity index (χ1v) is 6.96. The van der Waals surface area contributed by atoms with Crippen LogP contribution in [0.15, 0.2) is 24.3 Å². The van der Waals surface area contributed by atoms with Crippen LogP contribution >= 0.6 is 0 Å². The summed E-state index contributed by atoms with van der Waals surface area (Å²) in [6.07, 6.45) is 0.933. The summed E-state index contributed by atoms with van der Waals surface area (Å²) in [4.78, 5) is 18.2. The van der Waals surface area contributed by atoms with Crippen LogP contribution in [0.1, 0.15) is 35.4 Å². The van der Waals surface area contributed by atoms with E-state index >= 15 is 0 Å². The number of aromatic amines is 1. The number of nitrogens with zero attached hydrogens (tertiary/aromatic N) is 3. The maximum Gasteiger partial charge on any atom is 0.254 e. The zero-order chi connectivity index (χ0) is 15.2. The second kappa shape index (κ2) is 6.88. The van der Waals surface area contributed by atoms with E-state index in [1.165, 1.54) is 0 Å². The predicted octanol–water partition coefficient (Wildman–Crippen LogP) is 2.17. The minimum Gasteiger partial charge on any atom is -0.494 e. The smallest absolute Gasteiger partial charge is 0.254 e. The number of H-pyrrole nitrogens is 1. The highest BCUT2D eigenvalue weighted by atomic mass is 16.5. The average Bonchev–Trinajstić information content (AvgIpc) is 2.89. The Balaban J connectivity index is 2.04. The normalized spacial score (nSPS) is 10.4. The first-order valence-electron chi connectivity index (χ1n) is 6.96. The number of rotatable bonds is 6. The van der Waals surface area contributed by atoms with Crippen LogP contribution in [-0.2, 0) is 6.54 Å². The van der Waals surface area contributed by atoms with Gasteiger partial charge in [0.1, 0.15) is 11.6 Å². The molecule has 0 spiro atoms. The van der Waals surface area contributed by atoms with E-state index in [1.807, 2.05) is 26.0 Å². The predicted molar refractivity (Wildman–Crippen MR) is 79.1 cm³/mol. The van der Waals surface area contributed by atoms with E-state index in [2.05, 4.69) is 15.2 Å².